The Morgan fingerprint density at radius 3 is 2.48 bits per heavy atom. The molecule has 0 fully saturated rings. The maximum absolute atomic E-state index is 12.1. The second-order valence-corrected chi connectivity index (χ2v) is 6.26. The number of sulfonamides is 1. The molecule has 0 atom stereocenters. The van der Waals surface area contributed by atoms with Crippen molar-refractivity contribution >= 4 is 50.8 Å². The SMILES string of the molecule is CC(=O)Nc1n[nH]c(S(=O)(=O)Nc2c(Cl)cccc2Cl)n1. The van der Waals surface area contributed by atoms with E-state index in [1.807, 2.05) is 0 Å². The van der Waals surface area contributed by atoms with Gasteiger partial charge in [-0.3, -0.25) is 14.8 Å². The maximum atomic E-state index is 12.1. The first-order valence-electron chi connectivity index (χ1n) is 5.46. The Kier molecular flexibility index (Phi) is 4.35. The van der Waals surface area contributed by atoms with Crippen LogP contribution in [-0.4, -0.2) is 29.5 Å². The average Bonchev–Trinajstić information content (AvgIpc) is 2.82. The number of carbonyl (C=O) groups excluding carboxylic acids is 1. The van der Waals surface area contributed by atoms with Gasteiger partial charge in [0, 0.05) is 6.92 Å². The average molecular weight is 350 g/mol. The Hall–Kier alpha value is -1.84. The summed E-state index contributed by atoms with van der Waals surface area (Å²) < 4.78 is 26.5. The van der Waals surface area contributed by atoms with Crippen LogP contribution in [0.25, 0.3) is 0 Å². The molecule has 3 N–H and O–H groups in total. The monoisotopic (exact) mass is 349 g/mol. The summed E-state index contributed by atoms with van der Waals surface area (Å²) in [5, 5.41) is 7.78. The van der Waals surface area contributed by atoms with E-state index in [0.717, 1.165) is 0 Å². The van der Waals surface area contributed by atoms with Gasteiger partial charge in [0.05, 0.1) is 15.7 Å². The number of rotatable bonds is 4. The van der Waals surface area contributed by atoms with Crippen molar-refractivity contribution in [3.63, 3.8) is 0 Å². The van der Waals surface area contributed by atoms with Crippen LogP contribution in [0.5, 0.6) is 0 Å². The highest BCUT2D eigenvalue weighted by molar-refractivity contribution is 7.92. The molecule has 0 spiro atoms. The number of para-hydroxylation sites is 1. The summed E-state index contributed by atoms with van der Waals surface area (Å²) in [4.78, 5) is 14.5. The van der Waals surface area contributed by atoms with Crippen LogP contribution in [-0.2, 0) is 14.8 Å². The number of hydrogen-bond donors (Lipinski definition) is 3. The van der Waals surface area contributed by atoms with Gasteiger partial charge in [0.1, 0.15) is 0 Å². The van der Waals surface area contributed by atoms with Crippen LogP contribution in [0.15, 0.2) is 23.4 Å². The maximum Gasteiger partial charge on any atom is 0.297 e. The predicted octanol–water partition coefficient (Wildman–Crippen LogP) is 1.87. The summed E-state index contributed by atoms with van der Waals surface area (Å²) in [5.74, 6) is -0.590. The van der Waals surface area contributed by atoms with Crippen molar-refractivity contribution in [3.8, 4) is 0 Å². The molecule has 2 rings (SSSR count). The van der Waals surface area contributed by atoms with Crippen LogP contribution in [0.1, 0.15) is 6.92 Å². The zero-order valence-corrected chi connectivity index (χ0v) is 12.8. The highest BCUT2D eigenvalue weighted by Gasteiger charge is 2.22. The minimum atomic E-state index is -4.07. The fourth-order valence-corrected chi connectivity index (χ4v) is 2.92. The summed E-state index contributed by atoms with van der Waals surface area (Å²) in [7, 11) is -4.07. The molecule has 0 saturated heterocycles. The van der Waals surface area contributed by atoms with Gasteiger partial charge in [0.15, 0.2) is 0 Å². The Bertz CT molecular complexity index is 769. The third-order valence-corrected chi connectivity index (χ3v) is 4.00. The first-order chi connectivity index (χ1) is 9.79. The molecule has 0 radical (unpaired) electrons. The molecular formula is C10H9Cl2N5O3S. The third kappa shape index (κ3) is 3.63. The molecule has 0 unspecified atom stereocenters. The van der Waals surface area contributed by atoms with Gasteiger partial charge in [-0.15, -0.1) is 5.10 Å². The Labute approximate surface area is 129 Å². The van der Waals surface area contributed by atoms with Gasteiger partial charge < -0.3 is 0 Å². The highest BCUT2D eigenvalue weighted by Crippen LogP contribution is 2.31. The summed E-state index contributed by atoms with van der Waals surface area (Å²) >= 11 is 11.8. The van der Waals surface area contributed by atoms with Crippen molar-refractivity contribution in [2.24, 2.45) is 0 Å². The standard InChI is InChI=1S/C10H9Cl2N5O3S/c1-5(18)13-9-14-10(16-15-9)21(19,20)17-8-6(11)3-2-4-7(8)12/h2-4,17H,1H3,(H2,13,14,15,16,18). The first kappa shape index (κ1) is 15.5. The zero-order chi connectivity index (χ0) is 15.6. The van der Waals surface area contributed by atoms with E-state index in [1.54, 1.807) is 6.07 Å². The Morgan fingerprint density at radius 2 is 1.90 bits per heavy atom. The number of aromatic nitrogens is 3. The summed E-state index contributed by atoms with van der Waals surface area (Å²) in [6, 6.07) is 4.54. The van der Waals surface area contributed by atoms with Crippen LogP contribution in [0, 0.1) is 0 Å². The quantitative estimate of drug-likeness (QED) is 0.778. The molecule has 0 aliphatic heterocycles. The van der Waals surface area contributed by atoms with Gasteiger partial charge in [-0.25, -0.2) is 5.10 Å². The third-order valence-electron chi connectivity index (χ3n) is 2.21. The van der Waals surface area contributed by atoms with Gasteiger partial charge in [-0.2, -0.15) is 13.4 Å². The van der Waals surface area contributed by atoms with Crippen LogP contribution in [0.3, 0.4) is 0 Å². The first-order valence-corrected chi connectivity index (χ1v) is 7.70. The number of aromatic amines is 1. The van der Waals surface area contributed by atoms with Crippen LogP contribution < -0.4 is 10.0 Å². The molecule has 2 aromatic rings. The second kappa shape index (κ2) is 5.88. The van der Waals surface area contributed by atoms with E-state index in [2.05, 4.69) is 25.2 Å². The molecule has 1 heterocycles. The van der Waals surface area contributed by atoms with E-state index in [9.17, 15) is 13.2 Å². The minimum Gasteiger partial charge on any atom is -0.293 e. The molecule has 0 aliphatic carbocycles. The van der Waals surface area contributed by atoms with Gasteiger partial charge in [0.25, 0.3) is 15.2 Å². The Balaban J connectivity index is 2.30. The lowest BCUT2D eigenvalue weighted by Crippen LogP contribution is -2.15. The van der Waals surface area contributed by atoms with Crippen molar-refractivity contribution in [1.82, 2.24) is 15.2 Å². The lowest BCUT2D eigenvalue weighted by molar-refractivity contribution is -0.114. The van der Waals surface area contributed by atoms with Gasteiger partial charge in [-0.05, 0) is 12.1 Å². The van der Waals surface area contributed by atoms with Crippen molar-refractivity contribution in [1.29, 1.82) is 0 Å². The lowest BCUT2D eigenvalue weighted by Gasteiger charge is -2.08. The predicted molar refractivity (Wildman–Crippen MR) is 78.0 cm³/mol. The summed E-state index contributed by atoms with van der Waals surface area (Å²) in [6.45, 7) is 1.24. The van der Waals surface area contributed by atoms with Crippen molar-refractivity contribution in [3.05, 3.63) is 28.2 Å². The number of nitrogens with zero attached hydrogens (tertiary/aromatic N) is 2. The van der Waals surface area contributed by atoms with E-state index in [-0.39, 0.29) is 21.7 Å². The number of nitrogens with one attached hydrogen (secondary N) is 3. The smallest absolute Gasteiger partial charge is 0.293 e. The van der Waals surface area contributed by atoms with Crippen molar-refractivity contribution < 1.29 is 13.2 Å². The van der Waals surface area contributed by atoms with Gasteiger partial charge in [0.2, 0.25) is 11.9 Å². The van der Waals surface area contributed by atoms with Crippen molar-refractivity contribution in [2.45, 2.75) is 12.1 Å². The summed E-state index contributed by atoms with van der Waals surface area (Å²) in [6.07, 6.45) is 0. The molecule has 112 valence electrons. The van der Waals surface area contributed by atoms with Crippen LogP contribution in [0.4, 0.5) is 11.6 Å². The molecule has 1 amide bonds. The number of amides is 1. The molecule has 8 nitrogen and oxygen atoms in total. The Morgan fingerprint density at radius 1 is 1.29 bits per heavy atom. The van der Waals surface area contributed by atoms with E-state index in [0.29, 0.717) is 0 Å². The molecule has 0 aliphatic rings. The molecule has 0 saturated carbocycles. The van der Waals surface area contributed by atoms with E-state index < -0.39 is 21.1 Å². The lowest BCUT2D eigenvalue weighted by atomic mass is 10.3. The molecule has 0 bridgehead atoms. The fourth-order valence-electron chi connectivity index (χ4n) is 1.36. The minimum absolute atomic E-state index is 0.0262. The number of benzene rings is 1. The molecule has 1 aromatic carbocycles. The van der Waals surface area contributed by atoms with Gasteiger partial charge >= 0.3 is 0 Å². The largest absolute Gasteiger partial charge is 0.297 e. The normalized spacial score (nSPS) is 11.2. The van der Waals surface area contributed by atoms with Gasteiger partial charge in [-0.1, -0.05) is 29.3 Å². The zero-order valence-electron chi connectivity index (χ0n) is 10.5. The van der Waals surface area contributed by atoms with E-state index in [1.165, 1.54) is 19.1 Å². The number of hydrogen-bond acceptors (Lipinski definition) is 5. The number of H-pyrrole nitrogens is 1. The number of halogens is 2. The molecule has 21 heavy (non-hydrogen) atoms. The number of anilines is 2. The van der Waals surface area contributed by atoms with Crippen LogP contribution in [0.2, 0.25) is 10.0 Å². The molecule has 1 aromatic heterocycles. The summed E-state index contributed by atoms with van der Waals surface area (Å²) in [5.41, 5.74) is 0.0262. The molecular weight excluding hydrogens is 341 g/mol. The van der Waals surface area contributed by atoms with Crippen molar-refractivity contribution in [2.75, 3.05) is 10.0 Å². The van der Waals surface area contributed by atoms with E-state index in [4.69, 9.17) is 23.2 Å². The highest BCUT2D eigenvalue weighted by atomic mass is 35.5. The number of carbonyl (C=O) groups is 1. The van der Waals surface area contributed by atoms with E-state index >= 15 is 0 Å². The fraction of sp³-hybridized carbons (Fsp3) is 0.100. The molecule has 11 heteroatoms. The topological polar surface area (TPSA) is 117 Å². The van der Waals surface area contributed by atoms with Crippen LogP contribution >= 0.6 is 23.2 Å². The second-order valence-electron chi connectivity index (χ2n) is 3.85.